The second-order valence-electron chi connectivity index (χ2n) is 3.41. The molecule has 0 aromatic carbocycles. The summed E-state index contributed by atoms with van der Waals surface area (Å²) in [6.45, 7) is 0.385. The van der Waals surface area contributed by atoms with E-state index in [1.54, 1.807) is 11.3 Å². The van der Waals surface area contributed by atoms with Crippen molar-refractivity contribution in [1.29, 1.82) is 0 Å². The summed E-state index contributed by atoms with van der Waals surface area (Å²) in [6, 6.07) is 5.38. The van der Waals surface area contributed by atoms with Crippen molar-refractivity contribution < 1.29 is 8.42 Å². The van der Waals surface area contributed by atoms with Crippen LogP contribution in [-0.2, 0) is 16.4 Å². The largest absolute Gasteiger partial charge is 0.250 e. The lowest BCUT2D eigenvalue weighted by molar-refractivity contribution is 0.584. The smallest absolute Gasteiger partial charge is 0.210 e. The molecule has 0 aliphatic carbocycles. The first-order chi connectivity index (χ1) is 8.49. The van der Waals surface area contributed by atoms with E-state index in [2.05, 4.69) is 20.7 Å². The Morgan fingerprint density at radius 3 is 2.78 bits per heavy atom. The summed E-state index contributed by atoms with van der Waals surface area (Å²) >= 11 is 11.7. The number of thiophene rings is 2. The highest BCUT2D eigenvalue weighted by molar-refractivity contribution is 9.11. The normalized spacial score (nSPS) is 11.9. The molecule has 3 nitrogen and oxygen atoms in total. The van der Waals surface area contributed by atoms with Crippen LogP contribution in [-0.4, -0.2) is 15.0 Å². The van der Waals surface area contributed by atoms with Crippen molar-refractivity contribution in [2.24, 2.45) is 0 Å². The van der Waals surface area contributed by atoms with Gasteiger partial charge in [0.05, 0.1) is 8.81 Å². The summed E-state index contributed by atoms with van der Waals surface area (Å²) in [5.74, 6) is 0. The van der Waals surface area contributed by atoms with E-state index in [4.69, 9.17) is 11.6 Å². The topological polar surface area (TPSA) is 46.2 Å². The first-order valence-corrected chi connectivity index (χ1v) is 9.31. The van der Waals surface area contributed by atoms with E-state index in [9.17, 15) is 8.42 Å². The van der Waals surface area contributed by atoms with Crippen LogP contribution >= 0.6 is 50.2 Å². The van der Waals surface area contributed by atoms with E-state index in [-0.39, 0.29) is 4.21 Å². The van der Waals surface area contributed by atoms with E-state index in [1.165, 1.54) is 6.07 Å². The van der Waals surface area contributed by atoms with E-state index in [0.717, 1.165) is 16.2 Å². The van der Waals surface area contributed by atoms with Crippen LogP contribution < -0.4 is 4.72 Å². The minimum absolute atomic E-state index is 0.227. The Hall–Kier alpha value is 0.0800. The summed E-state index contributed by atoms with van der Waals surface area (Å²) in [4.78, 5) is 1.16. The van der Waals surface area contributed by atoms with Crippen LogP contribution in [0.1, 0.15) is 4.88 Å². The van der Waals surface area contributed by atoms with Crippen molar-refractivity contribution in [2.45, 2.75) is 10.6 Å². The second-order valence-corrected chi connectivity index (χ2v) is 9.22. The minimum atomic E-state index is -3.46. The van der Waals surface area contributed by atoms with Crippen molar-refractivity contribution >= 4 is 60.2 Å². The molecule has 0 amide bonds. The van der Waals surface area contributed by atoms with Crippen LogP contribution in [0.15, 0.2) is 31.6 Å². The van der Waals surface area contributed by atoms with Gasteiger partial charge in [-0.05, 0) is 39.9 Å². The first kappa shape index (κ1) is 14.5. The van der Waals surface area contributed by atoms with Crippen LogP contribution in [0.25, 0.3) is 0 Å². The van der Waals surface area contributed by atoms with Gasteiger partial charge in [0, 0.05) is 11.4 Å². The lowest BCUT2D eigenvalue weighted by Crippen LogP contribution is -2.25. The zero-order chi connectivity index (χ0) is 13.2. The zero-order valence-electron chi connectivity index (χ0n) is 9.02. The molecule has 1 N–H and O–H groups in total. The van der Waals surface area contributed by atoms with Crippen molar-refractivity contribution in [3.8, 4) is 0 Å². The molecule has 0 saturated carbocycles. The molecule has 2 aromatic rings. The van der Waals surface area contributed by atoms with Crippen LogP contribution in [0.3, 0.4) is 0 Å². The number of nitrogens with one attached hydrogen (secondary N) is 1. The lowest BCUT2D eigenvalue weighted by atomic mass is 10.3. The molecule has 98 valence electrons. The Kier molecular flexibility index (Phi) is 4.85. The maximum Gasteiger partial charge on any atom is 0.250 e. The molecule has 0 fully saturated rings. The zero-order valence-corrected chi connectivity index (χ0v) is 13.8. The summed E-state index contributed by atoms with van der Waals surface area (Å²) < 4.78 is 27.3. The van der Waals surface area contributed by atoms with Gasteiger partial charge in [0.2, 0.25) is 10.0 Å². The Labute approximate surface area is 127 Å². The number of halogens is 2. The van der Waals surface area contributed by atoms with Crippen LogP contribution in [0, 0.1) is 0 Å². The summed E-state index contributed by atoms with van der Waals surface area (Å²) in [7, 11) is -3.46. The van der Waals surface area contributed by atoms with Gasteiger partial charge in [-0.2, -0.15) is 0 Å². The van der Waals surface area contributed by atoms with Gasteiger partial charge in [-0.15, -0.1) is 22.7 Å². The Morgan fingerprint density at radius 2 is 2.22 bits per heavy atom. The Morgan fingerprint density at radius 1 is 1.44 bits per heavy atom. The number of rotatable bonds is 5. The monoisotopic (exact) mass is 385 g/mol. The predicted molar refractivity (Wildman–Crippen MR) is 80.2 cm³/mol. The molecule has 2 aromatic heterocycles. The van der Waals surface area contributed by atoms with Crippen molar-refractivity contribution in [3.63, 3.8) is 0 Å². The highest BCUT2D eigenvalue weighted by Crippen LogP contribution is 2.34. The predicted octanol–water partition coefficient (Wildman–Crippen LogP) is 3.75. The Balaban J connectivity index is 1.99. The minimum Gasteiger partial charge on any atom is -0.210 e. The molecule has 0 radical (unpaired) electrons. The number of hydrogen-bond acceptors (Lipinski definition) is 4. The molecule has 0 atom stereocenters. The molecule has 2 heterocycles. The third kappa shape index (κ3) is 3.55. The van der Waals surface area contributed by atoms with Gasteiger partial charge in [-0.3, -0.25) is 0 Å². The van der Waals surface area contributed by atoms with Crippen molar-refractivity contribution in [2.75, 3.05) is 6.54 Å². The van der Waals surface area contributed by atoms with Crippen molar-refractivity contribution in [3.05, 3.63) is 37.3 Å². The van der Waals surface area contributed by atoms with Gasteiger partial charge in [0.15, 0.2) is 0 Å². The molecule has 18 heavy (non-hydrogen) atoms. The van der Waals surface area contributed by atoms with Gasteiger partial charge in [0.25, 0.3) is 0 Å². The molecular formula is C10H9BrClNO2S3. The Bertz CT molecular complexity index is 602. The molecule has 0 bridgehead atoms. The van der Waals surface area contributed by atoms with Crippen LogP contribution in [0.4, 0.5) is 0 Å². The summed E-state index contributed by atoms with van der Waals surface area (Å²) in [5.41, 5.74) is 0. The lowest BCUT2D eigenvalue weighted by Gasteiger charge is -2.03. The van der Waals surface area contributed by atoms with E-state index in [1.807, 2.05) is 17.5 Å². The number of hydrogen-bond donors (Lipinski definition) is 1. The van der Waals surface area contributed by atoms with Gasteiger partial charge in [0.1, 0.15) is 4.21 Å². The molecule has 0 unspecified atom stereocenters. The summed E-state index contributed by atoms with van der Waals surface area (Å²) in [6.07, 6.45) is 0.692. The van der Waals surface area contributed by atoms with Gasteiger partial charge < -0.3 is 0 Å². The maximum absolute atomic E-state index is 11.9. The third-order valence-electron chi connectivity index (χ3n) is 2.13. The number of sulfonamides is 1. The highest BCUT2D eigenvalue weighted by Gasteiger charge is 2.18. The molecule has 2 rings (SSSR count). The van der Waals surface area contributed by atoms with Gasteiger partial charge in [-0.25, -0.2) is 13.1 Å². The average Bonchev–Trinajstić information content (AvgIpc) is 2.90. The third-order valence-corrected chi connectivity index (χ3v) is 7.48. The standard InChI is InChI=1S/C10H9BrClNO2S3/c11-10-8(12)6-9(17-10)18(14,15)13-4-3-7-2-1-5-16-7/h1-2,5-6,13H,3-4H2. The molecule has 8 heteroatoms. The molecule has 0 saturated heterocycles. The van der Waals surface area contributed by atoms with Gasteiger partial charge >= 0.3 is 0 Å². The first-order valence-electron chi connectivity index (χ1n) is 4.96. The van der Waals surface area contributed by atoms with Crippen LogP contribution in [0.2, 0.25) is 5.02 Å². The summed E-state index contributed by atoms with van der Waals surface area (Å²) in [5, 5.41) is 2.39. The second kappa shape index (κ2) is 6.02. The van der Waals surface area contributed by atoms with E-state index >= 15 is 0 Å². The average molecular weight is 387 g/mol. The molecule has 0 aliphatic heterocycles. The maximum atomic E-state index is 11.9. The quantitative estimate of drug-likeness (QED) is 0.850. The molecular weight excluding hydrogens is 378 g/mol. The van der Waals surface area contributed by atoms with E-state index in [0.29, 0.717) is 21.8 Å². The molecule has 0 spiro atoms. The van der Waals surface area contributed by atoms with E-state index < -0.39 is 10.0 Å². The molecule has 0 aliphatic rings. The fourth-order valence-corrected chi connectivity index (χ4v) is 5.48. The fraction of sp³-hybridized carbons (Fsp3) is 0.200. The SMILES string of the molecule is O=S(=O)(NCCc1cccs1)c1cc(Cl)c(Br)s1. The van der Waals surface area contributed by atoms with Crippen LogP contribution in [0.5, 0.6) is 0 Å². The van der Waals surface area contributed by atoms with Crippen molar-refractivity contribution in [1.82, 2.24) is 4.72 Å². The highest BCUT2D eigenvalue weighted by atomic mass is 79.9. The van der Waals surface area contributed by atoms with Gasteiger partial charge in [-0.1, -0.05) is 17.7 Å². The fourth-order valence-electron chi connectivity index (χ4n) is 1.29.